The van der Waals surface area contributed by atoms with Gasteiger partial charge in [-0.05, 0) is 25.0 Å². The number of benzene rings is 1. The van der Waals surface area contributed by atoms with Crippen molar-refractivity contribution in [3.63, 3.8) is 0 Å². The van der Waals surface area contributed by atoms with Crippen LogP contribution in [-0.2, 0) is 4.79 Å². The van der Waals surface area contributed by atoms with E-state index in [-0.39, 0.29) is 5.91 Å². The summed E-state index contributed by atoms with van der Waals surface area (Å²) in [4.78, 5) is 13.7. The molecule has 1 aliphatic heterocycles. The van der Waals surface area contributed by atoms with Gasteiger partial charge in [-0.3, -0.25) is 4.79 Å². The SMILES string of the molecule is COc1cccc(NCC(=O)N2CCCC2)c1. The highest BCUT2D eigenvalue weighted by Gasteiger charge is 2.17. The van der Waals surface area contributed by atoms with Crippen molar-refractivity contribution in [1.82, 2.24) is 4.90 Å². The Hall–Kier alpha value is -1.71. The molecule has 1 aromatic carbocycles. The average molecular weight is 234 g/mol. The van der Waals surface area contributed by atoms with E-state index in [1.807, 2.05) is 29.2 Å². The van der Waals surface area contributed by atoms with Gasteiger partial charge >= 0.3 is 0 Å². The highest BCUT2D eigenvalue weighted by molar-refractivity contribution is 5.81. The van der Waals surface area contributed by atoms with Crippen LogP contribution in [0.25, 0.3) is 0 Å². The van der Waals surface area contributed by atoms with E-state index in [2.05, 4.69) is 5.32 Å². The van der Waals surface area contributed by atoms with E-state index in [1.165, 1.54) is 0 Å². The molecule has 4 nitrogen and oxygen atoms in total. The smallest absolute Gasteiger partial charge is 0.241 e. The van der Waals surface area contributed by atoms with Gasteiger partial charge in [-0.2, -0.15) is 0 Å². The Morgan fingerprint density at radius 1 is 1.41 bits per heavy atom. The maximum absolute atomic E-state index is 11.8. The second-order valence-electron chi connectivity index (χ2n) is 4.17. The van der Waals surface area contributed by atoms with Gasteiger partial charge in [0.25, 0.3) is 0 Å². The maximum Gasteiger partial charge on any atom is 0.241 e. The minimum absolute atomic E-state index is 0.172. The number of methoxy groups -OCH3 is 1. The van der Waals surface area contributed by atoms with E-state index in [1.54, 1.807) is 7.11 Å². The molecule has 1 aromatic rings. The van der Waals surface area contributed by atoms with E-state index in [0.717, 1.165) is 37.4 Å². The topological polar surface area (TPSA) is 41.6 Å². The number of nitrogens with zero attached hydrogens (tertiary/aromatic N) is 1. The Kier molecular flexibility index (Phi) is 3.85. The third-order valence-electron chi connectivity index (χ3n) is 2.97. The van der Waals surface area contributed by atoms with E-state index in [9.17, 15) is 4.79 Å². The zero-order chi connectivity index (χ0) is 12.1. The highest BCUT2D eigenvalue weighted by Crippen LogP contribution is 2.16. The highest BCUT2D eigenvalue weighted by atomic mass is 16.5. The summed E-state index contributed by atoms with van der Waals surface area (Å²) >= 11 is 0. The van der Waals surface area contributed by atoms with Crippen LogP contribution in [0.4, 0.5) is 5.69 Å². The molecule has 0 atom stereocenters. The third kappa shape index (κ3) is 3.12. The van der Waals surface area contributed by atoms with Crippen LogP contribution in [0.5, 0.6) is 5.75 Å². The van der Waals surface area contributed by atoms with Crippen molar-refractivity contribution < 1.29 is 9.53 Å². The molecule has 17 heavy (non-hydrogen) atoms. The summed E-state index contributed by atoms with van der Waals surface area (Å²) in [5.74, 6) is 0.967. The number of anilines is 1. The fraction of sp³-hybridized carbons (Fsp3) is 0.462. The van der Waals surface area contributed by atoms with Gasteiger partial charge in [-0.25, -0.2) is 0 Å². The lowest BCUT2D eigenvalue weighted by Crippen LogP contribution is -2.32. The van der Waals surface area contributed by atoms with Crippen LogP contribution < -0.4 is 10.1 Å². The summed E-state index contributed by atoms with van der Waals surface area (Å²) in [6.45, 7) is 2.16. The number of nitrogens with one attached hydrogen (secondary N) is 1. The molecule has 2 rings (SSSR count). The van der Waals surface area contributed by atoms with E-state index >= 15 is 0 Å². The monoisotopic (exact) mass is 234 g/mol. The van der Waals surface area contributed by atoms with Crippen molar-refractivity contribution in [3.8, 4) is 5.75 Å². The van der Waals surface area contributed by atoms with Crippen molar-refractivity contribution in [2.24, 2.45) is 0 Å². The molecule has 1 N–H and O–H groups in total. The largest absolute Gasteiger partial charge is 0.497 e. The first kappa shape index (κ1) is 11.8. The van der Waals surface area contributed by atoms with Gasteiger partial charge < -0.3 is 15.0 Å². The number of likely N-dealkylation sites (tertiary alicyclic amines) is 1. The van der Waals surface area contributed by atoms with Crippen LogP contribution in [-0.4, -0.2) is 37.6 Å². The molecule has 0 radical (unpaired) electrons. The summed E-state index contributed by atoms with van der Waals surface area (Å²) in [6.07, 6.45) is 2.26. The Bertz CT molecular complexity index is 387. The zero-order valence-electron chi connectivity index (χ0n) is 10.1. The van der Waals surface area contributed by atoms with Crippen molar-refractivity contribution in [1.29, 1.82) is 0 Å². The molecule has 0 saturated carbocycles. The van der Waals surface area contributed by atoms with Crippen molar-refractivity contribution in [2.45, 2.75) is 12.8 Å². The molecule has 1 fully saturated rings. The maximum atomic E-state index is 11.8. The fourth-order valence-corrected chi connectivity index (χ4v) is 1.99. The normalized spacial score (nSPS) is 14.8. The first-order valence-electron chi connectivity index (χ1n) is 5.95. The summed E-state index contributed by atoms with van der Waals surface area (Å²) in [6, 6.07) is 7.60. The van der Waals surface area contributed by atoms with Crippen molar-refractivity contribution >= 4 is 11.6 Å². The first-order chi connectivity index (χ1) is 8.29. The van der Waals surface area contributed by atoms with Crippen LogP contribution in [0.3, 0.4) is 0 Å². The molecule has 0 aromatic heterocycles. The van der Waals surface area contributed by atoms with Crippen LogP contribution in [0, 0.1) is 0 Å². The second-order valence-corrected chi connectivity index (χ2v) is 4.17. The molecule has 92 valence electrons. The first-order valence-corrected chi connectivity index (χ1v) is 5.95. The number of ether oxygens (including phenoxy) is 1. The third-order valence-corrected chi connectivity index (χ3v) is 2.97. The standard InChI is InChI=1S/C13H18N2O2/c1-17-12-6-4-5-11(9-12)14-10-13(16)15-7-2-3-8-15/h4-6,9,14H,2-3,7-8,10H2,1H3. The van der Waals surface area contributed by atoms with Crippen molar-refractivity contribution in [3.05, 3.63) is 24.3 Å². The Balaban J connectivity index is 1.86. The van der Waals surface area contributed by atoms with Gasteiger partial charge in [-0.1, -0.05) is 6.07 Å². The Labute approximate surface area is 102 Å². The molecule has 1 heterocycles. The fourth-order valence-electron chi connectivity index (χ4n) is 1.99. The predicted octanol–water partition coefficient (Wildman–Crippen LogP) is 1.73. The summed E-state index contributed by atoms with van der Waals surface area (Å²) in [5.41, 5.74) is 0.914. The molecular formula is C13H18N2O2. The number of rotatable bonds is 4. The van der Waals surface area contributed by atoms with Crippen LogP contribution in [0.1, 0.15) is 12.8 Å². The number of carbonyl (C=O) groups is 1. The minimum Gasteiger partial charge on any atom is -0.497 e. The number of hydrogen-bond donors (Lipinski definition) is 1. The van der Waals surface area contributed by atoms with Crippen molar-refractivity contribution in [2.75, 3.05) is 32.1 Å². The molecule has 0 spiro atoms. The molecule has 0 aliphatic carbocycles. The molecule has 0 bridgehead atoms. The van der Waals surface area contributed by atoms with Gasteiger partial charge in [-0.15, -0.1) is 0 Å². The predicted molar refractivity (Wildman–Crippen MR) is 67.3 cm³/mol. The van der Waals surface area contributed by atoms with Crippen LogP contribution in [0.15, 0.2) is 24.3 Å². The van der Waals surface area contributed by atoms with Gasteiger partial charge in [0.1, 0.15) is 5.75 Å². The van der Waals surface area contributed by atoms with Gasteiger partial charge in [0.05, 0.1) is 13.7 Å². The lowest BCUT2D eigenvalue weighted by atomic mass is 10.3. The van der Waals surface area contributed by atoms with E-state index in [0.29, 0.717) is 6.54 Å². The number of carbonyl (C=O) groups excluding carboxylic acids is 1. The minimum atomic E-state index is 0.172. The van der Waals surface area contributed by atoms with Gasteiger partial charge in [0.15, 0.2) is 0 Å². The Morgan fingerprint density at radius 2 is 2.18 bits per heavy atom. The van der Waals surface area contributed by atoms with Crippen LogP contribution in [0.2, 0.25) is 0 Å². The van der Waals surface area contributed by atoms with Gasteiger partial charge in [0.2, 0.25) is 5.91 Å². The molecule has 1 saturated heterocycles. The summed E-state index contributed by atoms with van der Waals surface area (Å²) in [5, 5.41) is 3.12. The zero-order valence-corrected chi connectivity index (χ0v) is 10.1. The summed E-state index contributed by atoms with van der Waals surface area (Å²) in [7, 11) is 1.63. The lowest BCUT2D eigenvalue weighted by Gasteiger charge is -2.16. The summed E-state index contributed by atoms with van der Waals surface area (Å²) < 4.78 is 5.13. The number of hydrogen-bond acceptors (Lipinski definition) is 3. The second kappa shape index (κ2) is 5.57. The number of amides is 1. The van der Waals surface area contributed by atoms with Gasteiger partial charge in [0, 0.05) is 24.8 Å². The average Bonchev–Trinajstić information content (AvgIpc) is 2.90. The molecule has 1 amide bonds. The van der Waals surface area contributed by atoms with Crippen LogP contribution >= 0.6 is 0 Å². The van der Waals surface area contributed by atoms with E-state index in [4.69, 9.17) is 4.74 Å². The molecular weight excluding hydrogens is 216 g/mol. The molecule has 1 aliphatic rings. The molecule has 0 unspecified atom stereocenters. The quantitative estimate of drug-likeness (QED) is 0.862. The molecule has 4 heteroatoms. The lowest BCUT2D eigenvalue weighted by molar-refractivity contribution is -0.128. The van der Waals surface area contributed by atoms with E-state index < -0.39 is 0 Å². The Morgan fingerprint density at radius 3 is 2.88 bits per heavy atom.